The van der Waals surface area contributed by atoms with Crippen molar-refractivity contribution in [3.05, 3.63) is 59.7 Å². The third-order valence-corrected chi connectivity index (χ3v) is 6.45. The molecule has 0 aliphatic heterocycles. The molecule has 18 heavy (non-hydrogen) atoms. The van der Waals surface area contributed by atoms with E-state index >= 15 is 0 Å². The van der Waals surface area contributed by atoms with Crippen molar-refractivity contribution in [3.8, 4) is 0 Å². The fourth-order valence-corrected chi connectivity index (χ4v) is 5.31. The SMILES string of the molecule is CCc1ccccc1[Se](=O)c1ccccc1CC. The predicted octanol–water partition coefficient (Wildman–Crippen LogP) is 2.35. The predicted molar refractivity (Wildman–Crippen MR) is 77.3 cm³/mol. The van der Waals surface area contributed by atoms with E-state index in [1.165, 1.54) is 11.1 Å². The van der Waals surface area contributed by atoms with Crippen molar-refractivity contribution in [1.82, 2.24) is 0 Å². The van der Waals surface area contributed by atoms with Gasteiger partial charge in [0, 0.05) is 0 Å². The maximum absolute atomic E-state index is 12.8. The summed E-state index contributed by atoms with van der Waals surface area (Å²) in [7, 11) is 0. The zero-order valence-corrected chi connectivity index (χ0v) is 12.6. The van der Waals surface area contributed by atoms with E-state index < -0.39 is 13.8 Å². The summed E-state index contributed by atoms with van der Waals surface area (Å²) in [6, 6.07) is 16.2. The van der Waals surface area contributed by atoms with Crippen molar-refractivity contribution in [2.45, 2.75) is 26.7 Å². The van der Waals surface area contributed by atoms with Gasteiger partial charge in [-0.2, -0.15) is 0 Å². The maximum atomic E-state index is 12.8. The third kappa shape index (κ3) is 2.60. The molecule has 0 aliphatic carbocycles. The Morgan fingerprint density at radius 3 is 1.56 bits per heavy atom. The van der Waals surface area contributed by atoms with Crippen molar-refractivity contribution in [3.63, 3.8) is 0 Å². The van der Waals surface area contributed by atoms with Crippen LogP contribution >= 0.6 is 0 Å². The normalized spacial score (nSPS) is 10.8. The number of hydrogen-bond acceptors (Lipinski definition) is 1. The molecule has 0 heterocycles. The first-order valence-electron chi connectivity index (χ1n) is 6.35. The summed E-state index contributed by atoms with van der Waals surface area (Å²) in [5.41, 5.74) is 2.42. The van der Waals surface area contributed by atoms with Crippen LogP contribution in [0.2, 0.25) is 0 Å². The molecule has 0 N–H and O–H groups in total. The molecule has 94 valence electrons. The fraction of sp³-hybridized carbons (Fsp3) is 0.250. The van der Waals surface area contributed by atoms with Gasteiger partial charge in [0.15, 0.2) is 0 Å². The Kier molecular flexibility index (Phi) is 4.46. The summed E-state index contributed by atoms with van der Waals surface area (Å²) in [6.07, 6.45) is 1.87. The van der Waals surface area contributed by atoms with Crippen LogP contribution in [0, 0.1) is 0 Å². The monoisotopic (exact) mass is 306 g/mol. The topological polar surface area (TPSA) is 17.1 Å². The van der Waals surface area contributed by atoms with Gasteiger partial charge in [0.25, 0.3) is 0 Å². The second-order valence-electron chi connectivity index (χ2n) is 4.19. The van der Waals surface area contributed by atoms with Gasteiger partial charge in [-0.25, -0.2) is 0 Å². The van der Waals surface area contributed by atoms with Crippen LogP contribution in [-0.4, -0.2) is 13.8 Å². The Morgan fingerprint density at radius 1 is 0.778 bits per heavy atom. The standard InChI is InChI=1S/C16H18OSe/c1-3-13-9-5-7-11-15(13)18(17)16-12-8-6-10-14(16)4-2/h5-12H,3-4H2,1-2H3. The molecule has 0 saturated heterocycles. The molecule has 0 fully saturated rings. The van der Waals surface area contributed by atoms with Crippen LogP contribution in [-0.2, 0) is 16.7 Å². The molecule has 0 spiro atoms. The summed E-state index contributed by atoms with van der Waals surface area (Å²) in [4.78, 5) is 0. The molecule has 0 saturated carbocycles. The van der Waals surface area contributed by atoms with Crippen LogP contribution in [0.1, 0.15) is 25.0 Å². The second kappa shape index (κ2) is 6.08. The number of hydrogen-bond donors (Lipinski definition) is 0. The van der Waals surface area contributed by atoms with E-state index in [9.17, 15) is 3.83 Å². The summed E-state index contributed by atoms with van der Waals surface area (Å²) in [5, 5.41) is 0. The average Bonchev–Trinajstić information content (AvgIpc) is 2.46. The van der Waals surface area contributed by atoms with E-state index in [0.717, 1.165) is 21.8 Å². The van der Waals surface area contributed by atoms with Gasteiger partial charge >= 0.3 is 113 Å². The number of aryl methyl sites for hydroxylation is 2. The molecule has 0 unspecified atom stereocenters. The summed E-state index contributed by atoms with van der Waals surface area (Å²) >= 11 is -2.13. The Balaban J connectivity index is 2.48. The van der Waals surface area contributed by atoms with E-state index in [1.54, 1.807) is 0 Å². The van der Waals surface area contributed by atoms with Crippen LogP contribution in [0.5, 0.6) is 0 Å². The third-order valence-electron chi connectivity index (χ3n) is 3.11. The molecular formula is C16H18OSe. The molecule has 0 radical (unpaired) electrons. The fourth-order valence-electron chi connectivity index (χ4n) is 2.07. The molecule has 1 nitrogen and oxygen atoms in total. The van der Waals surface area contributed by atoms with Crippen LogP contribution in [0.3, 0.4) is 0 Å². The van der Waals surface area contributed by atoms with Gasteiger partial charge in [-0.3, -0.25) is 0 Å². The van der Waals surface area contributed by atoms with Crippen LogP contribution in [0.25, 0.3) is 0 Å². The Labute approximate surface area is 113 Å². The minimum absolute atomic E-state index is 0.937. The van der Waals surface area contributed by atoms with Crippen molar-refractivity contribution in [2.24, 2.45) is 0 Å². The van der Waals surface area contributed by atoms with Crippen LogP contribution in [0.15, 0.2) is 48.5 Å². The first-order chi connectivity index (χ1) is 8.77. The van der Waals surface area contributed by atoms with E-state index in [1.807, 2.05) is 36.4 Å². The molecule has 2 rings (SSSR count). The summed E-state index contributed by atoms with van der Waals surface area (Å²) in [6.45, 7) is 4.23. The molecule has 2 aromatic carbocycles. The summed E-state index contributed by atoms with van der Waals surface area (Å²) in [5.74, 6) is 0. The van der Waals surface area contributed by atoms with Gasteiger partial charge in [-0.15, -0.1) is 0 Å². The molecule has 0 aromatic heterocycles. The van der Waals surface area contributed by atoms with Crippen molar-refractivity contribution in [2.75, 3.05) is 0 Å². The Bertz CT molecular complexity index is 511. The molecular weight excluding hydrogens is 287 g/mol. The molecule has 0 atom stereocenters. The molecule has 2 heteroatoms. The van der Waals surface area contributed by atoms with Crippen LogP contribution in [0.4, 0.5) is 0 Å². The number of benzene rings is 2. The zero-order valence-electron chi connectivity index (χ0n) is 10.8. The van der Waals surface area contributed by atoms with E-state index in [-0.39, 0.29) is 0 Å². The van der Waals surface area contributed by atoms with Gasteiger partial charge < -0.3 is 0 Å². The molecule has 0 amide bonds. The quantitative estimate of drug-likeness (QED) is 0.793. The molecule has 0 bridgehead atoms. The van der Waals surface area contributed by atoms with Gasteiger partial charge in [-0.05, 0) is 0 Å². The zero-order chi connectivity index (χ0) is 13.0. The number of rotatable bonds is 4. The molecule has 2 aromatic rings. The second-order valence-corrected chi connectivity index (χ2v) is 7.16. The first-order valence-corrected chi connectivity index (χ1v) is 8.76. The Hall–Kier alpha value is -1.24. The van der Waals surface area contributed by atoms with Crippen molar-refractivity contribution >= 4 is 22.8 Å². The van der Waals surface area contributed by atoms with Gasteiger partial charge in [0.2, 0.25) is 0 Å². The van der Waals surface area contributed by atoms with Gasteiger partial charge in [-0.1, -0.05) is 0 Å². The molecule has 0 aliphatic rings. The Morgan fingerprint density at radius 2 is 1.17 bits per heavy atom. The minimum atomic E-state index is -2.13. The van der Waals surface area contributed by atoms with E-state index in [0.29, 0.717) is 0 Å². The summed E-state index contributed by atoms with van der Waals surface area (Å²) < 4.78 is 14.9. The van der Waals surface area contributed by atoms with Crippen LogP contribution < -0.4 is 8.92 Å². The average molecular weight is 305 g/mol. The first kappa shape index (κ1) is 13.2. The van der Waals surface area contributed by atoms with Gasteiger partial charge in [0.1, 0.15) is 0 Å². The van der Waals surface area contributed by atoms with E-state index in [2.05, 4.69) is 26.0 Å². The van der Waals surface area contributed by atoms with Gasteiger partial charge in [0.05, 0.1) is 0 Å². The van der Waals surface area contributed by atoms with Crippen molar-refractivity contribution in [1.29, 1.82) is 0 Å². The van der Waals surface area contributed by atoms with Crippen molar-refractivity contribution < 1.29 is 3.83 Å². The van der Waals surface area contributed by atoms with E-state index in [4.69, 9.17) is 0 Å².